The minimum atomic E-state index is -0.156. The second-order valence-electron chi connectivity index (χ2n) is 12.5. The molecule has 0 spiro atoms. The number of fused-ring (bicyclic) bond motifs is 7. The first-order valence-corrected chi connectivity index (χ1v) is 14.8. The first kappa shape index (κ1) is 25.6. The standard InChI is InChI=1S/C39H31N3O/c1-38(2)30-18-12-11-17-27(30)28-20-22-32-33(34(28)39(38,3)4)29-23-26(19-21-31(29)43-32)37-41-35(24-13-7-5-8-14-24)40-36(42-37)25-15-9-6-10-16-25/h5-23H,1-4H3. The lowest BCUT2D eigenvalue weighted by molar-refractivity contribution is 0.301. The van der Waals surface area contributed by atoms with Gasteiger partial charge in [-0.15, -0.1) is 0 Å². The molecular weight excluding hydrogens is 526 g/mol. The number of hydrogen-bond acceptors (Lipinski definition) is 4. The van der Waals surface area contributed by atoms with Crippen LogP contribution in [0, 0.1) is 0 Å². The third kappa shape index (κ3) is 3.79. The second-order valence-corrected chi connectivity index (χ2v) is 12.5. The summed E-state index contributed by atoms with van der Waals surface area (Å²) in [5.74, 6) is 1.94. The van der Waals surface area contributed by atoms with E-state index in [4.69, 9.17) is 19.4 Å². The van der Waals surface area contributed by atoms with Crippen LogP contribution in [0.5, 0.6) is 0 Å². The molecule has 0 bridgehead atoms. The lowest BCUT2D eigenvalue weighted by atomic mass is 9.55. The van der Waals surface area contributed by atoms with Crippen molar-refractivity contribution in [3.05, 3.63) is 126 Å². The summed E-state index contributed by atoms with van der Waals surface area (Å²) in [6, 6.07) is 39.7. The monoisotopic (exact) mass is 557 g/mol. The number of nitrogens with zero attached hydrogens (tertiary/aromatic N) is 3. The van der Waals surface area contributed by atoms with Crippen molar-refractivity contribution in [3.63, 3.8) is 0 Å². The zero-order chi connectivity index (χ0) is 29.3. The fourth-order valence-corrected chi connectivity index (χ4v) is 6.73. The molecule has 0 N–H and O–H groups in total. The van der Waals surface area contributed by atoms with Crippen LogP contribution < -0.4 is 0 Å². The zero-order valence-corrected chi connectivity index (χ0v) is 24.7. The zero-order valence-electron chi connectivity index (χ0n) is 24.7. The molecule has 4 nitrogen and oxygen atoms in total. The van der Waals surface area contributed by atoms with Crippen LogP contribution in [0.4, 0.5) is 0 Å². The number of rotatable bonds is 3. The molecule has 0 atom stereocenters. The molecule has 2 aromatic heterocycles. The van der Waals surface area contributed by atoms with Crippen molar-refractivity contribution in [1.82, 2.24) is 15.0 Å². The van der Waals surface area contributed by atoms with Crippen LogP contribution in [0.15, 0.2) is 120 Å². The van der Waals surface area contributed by atoms with E-state index in [9.17, 15) is 0 Å². The van der Waals surface area contributed by atoms with Gasteiger partial charge in [-0.3, -0.25) is 0 Å². The van der Waals surface area contributed by atoms with Gasteiger partial charge in [0.05, 0.1) is 0 Å². The second kappa shape index (κ2) is 9.20. The lowest BCUT2D eigenvalue weighted by Gasteiger charge is -2.48. The van der Waals surface area contributed by atoms with Gasteiger partial charge in [0.1, 0.15) is 11.2 Å². The Hall–Kier alpha value is -5.09. The quantitative estimate of drug-likeness (QED) is 0.217. The Balaban J connectivity index is 1.39. The summed E-state index contributed by atoms with van der Waals surface area (Å²) in [6.07, 6.45) is 0. The Kier molecular flexibility index (Phi) is 5.48. The van der Waals surface area contributed by atoms with Gasteiger partial charge in [0.2, 0.25) is 0 Å². The number of benzene rings is 5. The van der Waals surface area contributed by atoms with Crippen LogP contribution in [0.25, 0.3) is 67.2 Å². The summed E-state index contributed by atoms with van der Waals surface area (Å²) in [5, 5.41) is 2.25. The van der Waals surface area contributed by atoms with Gasteiger partial charge in [-0.05, 0) is 51.9 Å². The van der Waals surface area contributed by atoms with Gasteiger partial charge in [0.25, 0.3) is 0 Å². The van der Waals surface area contributed by atoms with Gasteiger partial charge >= 0.3 is 0 Å². The molecule has 43 heavy (non-hydrogen) atoms. The van der Waals surface area contributed by atoms with Crippen molar-refractivity contribution in [2.45, 2.75) is 38.5 Å². The van der Waals surface area contributed by atoms with Gasteiger partial charge in [0.15, 0.2) is 17.5 Å². The highest BCUT2D eigenvalue weighted by atomic mass is 16.3. The average Bonchev–Trinajstić information content (AvgIpc) is 3.42. The molecule has 0 radical (unpaired) electrons. The number of aromatic nitrogens is 3. The smallest absolute Gasteiger partial charge is 0.164 e. The summed E-state index contributed by atoms with van der Waals surface area (Å²) in [4.78, 5) is 14.8. The Morgan fingerprint density at radius 2 is 1.05 bits per heavy atom. The highest BCUT2D eigenvalue weighted by Crippen LogP contribution is 2.56. The van der Waals surface area contributed by atoms with Crippen LogP contribution in [-0.2, 0) is 10.8 Å². The number of furan rings is 1. The molecule has 1 aliphatic carbocycles. The molecule has 7 aromatic rings. The summed E-state index contributed by atoms with van der Waals surface area (Å²) in [7, 11) is 0. The molecular formula is C39H31N3O. The van der Waals surface area contributed by atoms with E-state index in [1.165, 1.54) is 27.6 Å². The van der Waals surface area contributed by atoms with E-state index in [0.717, 1.165) is 33.2 Å². The molecule has 0 amide bonds. The molecule has 0 saturated carbocycles. The van der Waals surface area contributed by atoms with Crippen LogP contribution in [-0.4, -0.2) is 15.0 Å². The van der Waals surface area contributed by atoms with E-state index in [1.54, 1.807) is 0 Å². The molecule has 0 saturated heterocycles. The van der Waals surface area contributed by atoms with Crippen molar-refractivity contribution in [2.24, 2.45) is 0 Å². The molecule has 8 rings (SSSR count). The molecule has 1 aliphatic rings. The van der Waals surface area contributed by atoms with Gasteiger partial charge < -0.3 is 4.42 Å². The van der Waals surface area contributed by atoms with Crippen molar-refractivity contribution in [2.75, 3.05) is 0 Å². The highest BCUT2D eigenvalue weighted by molar-refractivity contribution is 6.11. The summed E-state index contributed by atoms with van der Waals surface area (Å²) in [6.45, 7) is 9.47. The highest BCUT2D eigenvalue weighted by Gasteiger charge is 2.47. The predicted octanol–water partition coefficient (Wildman–Crippen LogP) is 10.0. The van der Waals surface area contributed by atoms with E-state index in [1.807, 2.05) is 60.7 Å². The van der Waals surface area contributed by atoms with Gasteiger partial charge in [-0.2, -0.15) is 0 Å². The van der Waals surface area contributed by atoms with E-state index in [0.29, 0.717) is 17.5 Å². The van der Waals surface area contributed by atoms with Crippen LogP contribution in [0.1, 0.15) is 38.8 Å². The van der Waals surface area contributed by atoms with E-state index < -0.39 is 0 Å². The molecule has 5 aromatic carbocycles. The average molecular weight is 558 g/mol. The maximum absolute atomic E-state index is 6.49. The Labute approximate surface area is 251 Å². The molecule has 0 unspecified atom stereocenters. The minimum Gasteiger partial charge on any atom is -0.456 e. The van der Waals surface area contributed by atoms with Gasteiger partial charge in [-0.1, -0.05) is 119 Å². The van der Waals surface area contributed by atoms with Crippen molar-refractivity contribution in [3.8, 4) is 45.3 Å². The maximum Gasteiger partial charge on any atom is 0.164 e. The largest absolute Gasteiger partial charge is 0.456 e. The van der Waals surface area contributed by atoms with E-state index >= 15 is 0 Å². The molecule has 2 heterocycles. The first-order valence-electron chi connectivity index (χ1n) is 14.8. The van der Waals surface area contributed by atoms with E-state index in [2.05, 4.69) is 82.3 Å². The van der Waals surface area contributed by atoms with Crippen LogP contribution >= 0.6 is 0 Å². The maximum atomic E-state index is 6.49. The Bertz CT molecular complexity index is 2120. The summed E-state index contributed by atoms with van der Waals surface area (Å²) < 4.78 is 6.49. The predicted molar refractivity (Wildman–Crippen MR) is 175 cm³/mol. The molecule has 4 heteroatoms. The SMILES string of the molecule is CC1(C)c2ccccc2-c2ccc3oc4ccc(-c5nc(-c6ccccc6)nc(-c6ccccc6)n5)cc4c3c2C1(C)C. The van der Waals surface area contributed by atoms with Crippen molar-refractivity contribution >= 4 is 21.9 Å². The third-order valence-electron chi connectivity index (χ3n) is 9.67. The molecule has 208 valence electrons. The van der Waals surface area contributed by atoms with Crippen LogP contribution in [0.2, 0.25) is 0 Å². The minimum absolute atomic E-state index is 0.0878. The summed E-state index contributed by atoms with van der Waals surface area (Å²) in [5.41, 5.74) is 9.64. The molecule has 0 fully saturated rings. The van der Waals surface area contributed by atoms with Gasteiger partial charge in [-0.25, -0.2) is 15.0 Å². The fraction of sp³-hybridized carbons (Fsp3) is 0.154. The third-order valence-corrected chi connectivity index (χ3v) is 9.67. The Morgan fingerprint density at radius 1 is 0.488 bits per heavy atom. The number of hydrogen-bond donors (Lipinski definition) is 0. The fourth-order valence-electron chi connectivity index (χ4n) is 6.73. The summed E-state index contributed by atoms with van der Waals surface area (Å²) >= 11 is 0. The van der Waals surface area contributed by atoms with Crippen molar-refractivity contribution in [1.29, 1.82) is 0 Å². The normalized spacial score (nSPS) is 14.9. The topological polar surface area (TPSA) is 51.8 Å². The van der Waals surface area contributed by atoms with Gasteiger partial charge in [0, 0.05) is 32.9 Å². The Morgan fingerprint density at radius 3 is 1.70 bits per heavy atom. The first-order chi connectivity index (χ1) is 20.8. The van der Waals surface area contributed by atoms with Crippen LogP contribution in [0.3, 0.4) is 0 Å². The molecule has 0 aliphatic heterocycles. The van der Waals surface area contributed by atoms with E-state index in [-0.39, 0.29) is 10.8 Å². The lowest BCUT2D eigenvalue weighted by Crippen LogP contribution is -2.43. The van der Waals surface area contributed by atoms with Crippen molar-refractivity contribution < 1.29 is 4.42 Å².